The van der Waals surface area contributed by atoms with Gasteiger partial charge in [-0.25, -0.2) is 14.4 Å². The third-order valence-corrected chi connectivity index (χ3v) is 2.92. The van der Waals surface area contributed by atoms with E-state index in [0.717, 1.165) is 0 Å². The van der Waals surface area contributed by atoms with Crippen LogP contribution in [0.4, 0.5) is 4.79 Å². The topological polar surface area (TPSA) is 122 Å². The SMILES string of the molecule is CCSCC(N)(C(=O)OC(N)=O)C(=O)OC(C)(C)C. The van der Waals surface area contributed by atoms with Crippen LogP contribution in [0.3, 0.4) is 0 Å². The van der Waals surface area contributed by atoms with Crippen molar-refractivity contribution in [1.29, 1.82) is 0 Å². The molecule has 0 aromatic heterocycles. The molecule has 0 aliphatic carbocycles. The van der Waals surface area contributed by atoms with Gasteiger partial charge < -0.3 is 20.9 Å². The van der Waals surface area contributed by atoms with Crippen LogP contribution in [0.2, 0.25) is 0 Å². The number of primary amides is 1. The minimum atomic E-state index is -2.05. The van der Waals surface area contributed by atoms with E-state index in [-0.39, 0.29) is 5.75 Å². The fourth-order valence-electron chi connectivity index (χ4n) is 1.02. The largest absolute Gasteiger partial charge is 0.458 e. The van der Waals surface area contributed by atoms with Gasteiger partial charge in [-0.15, -0.1) is 0 Å². The van der Waals surface area contributed by atoms with Gasteiger partial charge in [0.25, 0.3) is 0 Å². The number of amides is 1. The van der Waals surface area contributed by atoms with Gasteiger partial charge in [-0.1, -0.05) is 6.92 Å². The molecule has 0 saturated heterocycles. The lowest BCUT2D eigenvalue weighted by molar-refractivity contribution is -0.167. The Bertz CT molecular complexity index is 367. The Morgan fingerprint density at radius 2 is 1.68 bits per heavy atom. The molecule has 0 saturated carbocycles. The molecule has 0 fully saturated rings. The van der Waals surface area contributed by atoms with Crippen LogP contribution in [-0.4, -0.2) is 40.7 Å². The van der Waals surface area contributed by atoms with E-state index in [4.69, 9.17) is 16.2 Å². The highest BCUT2D eigenvalue weighted by atomic mass is 32.2. The van der Waals surface area contributed by atoms with Gasteiger partial charge >= 0.3 is 18.0 Å². The Labute approximate surface area is 116 Å². The number of carbonyl (C=O) groups excluding carboxylic acids is 3. The van der Waals surface area contributed by atoms with Crippen LogP contribution in [0.1, 0.15) is 27.7 Å². The lowest BCUT2D eigenvalue weighted by atomic mass is 10.0. The Kier molecular flexibility index (Phi) is 6.31. The van der Waals surface area contributed by atoms with E-state index in [0.29, 0.717) is 5.75 Å². The zero-order valence-corrected chi connectivity index (χ0v) is 12.3. The van der Waals surface area contributed by atoms with Crippen LogP contribution in [0, 0.1) is 0 Å². The first kappa shape index (κ1) is 17.7. The standard InChI is InChI=1S/C11H20N2O5S/c1-5-19-6-11(13,7(14)17-9(12)16)8(15)18-10(2,3)4/h5-6,13H2,1-4H3,(H2,12,16). The van der Waals surface area contributed by atoms with Crippen LogP contribution in [0.25, 0.3) is 0 Å². The van der Waals surface area contributed by atoms with Crippen molar-refractivity contribution in [1.82, 2.24) is 0 Å². The summed E-state index contributed by atoms with van der Waals surface area (Å²) in [6.45, 7) is 6.74. The number of carbonyl (C=O) groups is 3. The molecule has 0 heterocycles. The summed E-state index contributed by atoms with van der Waals surface area (Å²) < 4.78 is 9.28. The fourth-order valence-corrected chi connectivity index (χ4v) is 1.78. The molecule has 0 spiro atoms. The molecular formula is C11H20N2O5S. The fraction of sp³-hybridized carbons (Fsp3) is 0.727. The smallest absolute Gasteiger partial charge is 0.412 e. The van der Waals surface area contributed by atoms with Crippen LogP contribution in [0.5, 0.6) is 0 Å². The predicted molar refractivity (Wildman–Crippen MR) is 71.4 cm³/mol. The van der Waals surface area contributed by atoms with Gasteiger partial charge in [-0.3, -0.25) is 0 Å². The highest BCUT2D eigenvalue weighted by Gasteiger charge is 2.47. The summed E-state index contributed by atoms with van der Waals surface area (Å²) in [6.07, 6.45) is -1.31. The van der Waals surface area contributed by atoms with Crippen molar-refractivity contribution >= 4 is 29.8 Å². The first-order valence-corrected chi connectivity index (χ1v) is 6.80. The van der Waals surface area contributed by atoms with Gasteiger partial charge in [-0.05, 0) is 26.5 Å². The number of hydrogen-bond acceptors (Lipinski definition) is 7. The summed E-state index contributed by atoms with van der Waals surface area (Å²) in [6, 6.07) is 0. The molecule has 0 bridgehead atoms. The summed E-state index contributed by atoms with van der Waals surface area (Å²) >= 11 is 1.25. The third-order valence-electron chi connectivity index (χ3n) is 1.85. The molecule has 1 unspecified atom stereocenters. The van der Waals surface area contributed by atoms with Gasteiger partial charge in [0.1, 0.15) is 5.60 Å². The van der Waals surface area contributed by atoms with Crippen molar-refractivity contribution < 1.29 is 23.9 Å². The summed E-state index contributed by atoms with van der Waals surface area (Å²) in [5.74, 6) is -1.60. The maximum absolute atomic E-state index is 12.0. The van der Waals surface area contributed by atoms with E-state index in [9.17, 15) is 14.4 Å². The average Bonchev–Trinajstić information content (AvgIpc) is 2.22. The van der Waals surface area contributed by atoms with E-state index >= 15 is 0 Å². The number of thioether (sulfide) groups is 1. The summed E-state index contributed by atoms with van der Waals surface area (Å²) in [4.78, 5) is 34.3. The van der Waals surface area contributed by atoms with Crippen LogP contribution < -0.4 is 11.5 Å². The van der Waals surface area contributed by atoms with Crippen molar-refractivity contribution in [2.45, 2.75) is 38.8 Å². The van der Waals surface area contributed by atoms with E-state index in [1.54, 1.807) is 20.8 Å². The second-order valence-corrected chi connectivity index (χ2v) is 6.09. The molecule has 0 aromatic rings. The Hall–Kier alpha value is -1.28. The lowest BCUT2D eigenvalue weighted by Gasteiger charge is -2.28. The third kappa shape index (κ3) is 5.93. The molecule has 4 N–H and O–H groups in total. The Morgan fingerprint density at radius 3 is 2.05 bits per heavy atom. The molecule has 19 heavy (non-hydrogen) atoms. The number of hydrogen-bond donors (Lipinski definition) is 2. The highest BCUT2D eigenvalue weighted by Crippen LogP contribution is 2.19. The van der Waals surface area contributed by atoms with Gasteiger partial charge in [0, 0.05) is 5.75 Å². The molecule has 0 aliphatic heterocycles. The average molecular weight is 292 g/mol. The van der Waals surface area contributed by atoms with Gasteiger partial charge in [-0.2, -0.15) is 11.8 Å². The lowest BCUT2D eigenvalue weighted by Crippen LogP contribution is -2.60. The molecule has 0 aromatic carbocycles. The maximum Gasteiger partial charge on any atom is 0.412 e. The number of nitrogens with two attached hydrogens (primary N) is 2. The second kappa shape index (κ2) is 6.76. The molecule has 110 valence electrons. The predicted octanol–water partition coefficient (Wildman–Crippen LogP) is 0.401. The molecular weight excluding hydrogens is 272 g/mol. The quantitative estimate of drug-likeness (QED) is 0.555. The van der Waals surface area contributed by atoms with Crippen molar-refractivity contribution in [3.63, 3.8) is 0 Å². The molecule has 0 radical (unpaired) electrons. The molecule has 0 rings (SSSR count). The molecule has 8 heteroatoms. The Balaban J connectivity index is 5.10. The van der Waals surface area contributed by atoms with E-state index in [1.165, 1.54) is 11.8 Å². The van der Waals surface area contributed by atoms with Crippen molar-refractivity contribution in [3.05, 3.63) is 0 Å². The minimum Gasteiger partial charge on any atom is -0.458 e. The van der Waals surface area contributed by atoms with Gasteiger partial charge in [0.2, 0.25) is 5.54 Å². The molecule has 0 aliphatic rings. The van der Waals surface area contributed by atoms with E-state index in [1.807, 2.05) is 6.92 Å². The minimum absolute atomic E-state index is 0.0650. The van der Waals surface area contributed by atoms with Crippen molar-refractivity contribution in [2.24, 2.45) is 11.5 Å². The summed E-state index contributed by atoms with van der Waals surface area (Å²) in [5, 5.41) is 0. The van der Waals surface area contributed by atoms with Gasteiger partial charge in [0.15, 0.2) is 0 Å². The molecule has 7 nitrogen and oxygen atoms in total. The zero-order chi connectivity index (χ0) is 15.3. The van der Waals surface area contributed by atoms with Crippen LogP contribution in [-0.2, 0) is 19.1 Å². The maximum atomic E-state index is 12.0. The highest BCUT2D eigenvalue weighted by molar-refractivity contribution is 7.99. The van der Waals surface area contributed by atoms with Crippen LogP contribution >= 0.6 is 11.8 Å². The van der Waals surface area contributed by atoms with Crippen molar-refractivity contribution in [3.8, 4) is 0 Å². The summed E-state index contributed by atoms with van der Waals surface area (Å²) in [5.41, 5.74) is 7.63. The summed E-state index contributed by atoms with van der Waals surface area (Å²) in [7, 11) is 0. The monoisotopic (exact) mass is 292 g/mol. The first-order valence-electron chi connectivity index (χ1n) is 5.64. The van der Waals surface area contributed by atoms with E-state index in [2.05, 4.69) is 4.74 Å². The first-order chi connectivity index (χ1) is 8.53. The van der Waals surface area contributed by atoms with Crippen LogP contribution in [0.15, 0.2) is 0 Å². The Morgan fingerprint density at radius 1 is 1.16 bits per heavy atom. The number of ether oxygens (including phenoxy) is 2. The number of esters is 2. The second-order valence-electron chi connectivity index (χ2n) is 4.82. The molecule has 1 amide bonds. The number of rotatable bonds is 5. The zero-order valence-electron chi connectivity index (χ0n) is 11.5. The normalized spacial score (nSPS) is 14.4. The van der Waals surface area contributed by atoms with Gasteiger partial charge in [0.05, 0.1) is 0 Å². The van der Waals surface area contributed by atoms with Crippen molar-refractivity contribution in [2.75, 3.05) is 11.5 Å². The molecule has 1 atom stereocenters. The van der Waals surface area contributed by atoms with E-state index < -0.39 is 29.2 Å².